The molecular formula is C30H41NO5S. The topological polar surface area (TPSA) is 99.0 Å². The summed E-state index contributed by atoms with van der Waals surface area (Å²) in [7, 11) is 0. The van der Waals surface area contributed by atoms with Crippen molar-refractivity contribution in [2.75, 3.05) is 6.61 Å². The van der Waals surface area contributed by atoms with Crippen molar-refractivity contribution >= 4 is 27.3 Å². The predicted octanol–water partition coefficient (Wildman–Crippen LogP) is 5.67. The third-order valence-corrected chi connectivity index (χ3v) is 9.11. The number of amides is 1. The van der Waals surface area contributed by atoms with Crippen LogP contribution >= 0.6 is 11.3 Å². The van der Waals surface area contributed by atoms with Gasteiger partial charge in [0, 0.05) is 20.6 Å². The van der Waals surface area contributed by atoms with Crippen LogP contribution < -0.4 is 10.1 Å². The monoisotopic (exact) mass is 527 g/mol. The fourth-order valence-corrected chi connectivity index (χ4v) is 6.15. The Balaban J connectivity index is 1.93. The van der Waals surface area contributed by atoms with Gasteiger partial charge in [-0.1, -0.05) is 45.9 Å². The molecule has 0 unspecified atom stereocenters. The van der Waals surface area contributed by atoms with Crippen LogP contribution in [-0.4, -0.2) is 45.8 Å². The molecule has 0 aliphatic carbocycles. The quantitative estimate of drug-likeness (QED) is 0.227. The Bertz CT molecular complexity index is 1210. The molecule has 37 heavy (non-hydrogen) atoms. The van der Waals surface area contributed by atoms with Crippen molar-refractivity contribution in [1.29, 1.82) is 0 Å². The summed E-state index contributed by atoms with van der Waals surface area (Å²) in [5, 5.41) is 32.9. The van der Waals surface area contributed by atoms with Gasteiger partial charge in [0.05, 0.1) is 11.6 Å². The summed E-state index contributed by atoms with van der Waals surface area (Å²) in [6.45, 7) is 12.2. The van der Waals surface area contributed by atoms with Gasteiger partial charge in [0.15, 0.2) is 6.29 Å². The average molecular weight is 528 g/mol. The summed E-state index contributed by atoms with van der Waals surface area (Å²) < 4.78 is 7.05. The highest BCUT2D eigenvalue weighted by Crippen LogP contribution is 2.45. The molecular weight excluding hydrogens is 486 g/mol. The van der Waals surface area contributed by atoms with Gasteiger partial charge < -0.3 is 25.4 Å². The highest BCUT2D eigenvalue weighted by Gasteiger charge is 2.33. The lowest BCUT2D eigenvalue weighted by Gasteiger charge is -2.32. The van der Waals surface area contributed by atoms with Crippen LogP contribution in [0.5, 0.6) is 5.75 Å². The van der Waals surface area contributed by atoms with E-state index < -0.39 is 17.9 Å². The minimum absolute atomic E-state index is 0.182. The SMILES string of the molecule is CCC(O)(CC)COc1ccc(C(CC)(CC)c2cc3ccc(C(=O)N[C@H](C)C(O)O)cc3s2)cc1C. The molecule has 0 saturated heterocycles. The zero-order chi connectivity index (χ0) is 27.4. The molecule has 1 amide bonds. The zero-order valence-electron chi connectivity index (χ0n) is 22.8. The van der Waals surface area contributed by atoms with Crippen LogP contribution in [-0.2, 0) is 5.41 Å². The van der Waals surface area contributed by atoms with Crippen molar-refractivity contribution in [3.8, 4) is 5.75 Å². The number of thiophene rings is 1. The summed E-state index contributed by atoms with van der Waals surface area (Å²) in [6, 6.07) is 13.4. The summed E-state index contributed by atoms with van der Waals surface area (Å²) >= 11 is 1.69. The van der Waals surface area contributed by atoms with Crippen molar-refractivity contribution < 1.29 is 24.9 Å². The average Bonchev–Trinajstić information content (AvgIpc) is 3.32. The number of carbonyl (C=O) groups excluding carboxylic acids is 1. The van der Waals surface area contributed by atoms with Crippen LogP contribution in [0.1, 0.15) is 86.7 Å². The lowest BCUT2D eigenvalue weighted by molar-refractivity contribution is -0.0605. The molecule has 0 radical (unpaired) electrons. The minimum Gasteiger partial charge on any atom is -0.490 e. The van der Waals surface area contributed by atoms with Crippen LogP contribution in [0.2, 0.25) is 0 Å². The maximum absolute atomic E-state index is 12.6. The number of rotatable bonds is 12. The molecule has 2 aromatic carbocycles. The number of benzene rings is 2. The molecule has 4 N–H and O–H groups in total. The molecule has 0 spiro atoms. The Morgan fingerprint density at radius 3 is 2.24 bits per heavy atom. The molecule has 0 aliphatic rings. The molecule has 6 nitrogen and oxygen atoms in total. The molecule has 1 aromatic heterocycles. The lowest BCUT2D eigenvalue weighted by Crippen LogP contribution is -2.40. The van der Waals surface area contributed by atoms with E-state index in [0.29, 0.717) is 18.4 Å². The number of aliphatic hydroxyl groups is 3. The van der Waals surface area contributed by atoms with E-state index in [2.05, 4.69) is 37.4 Å². The normalized spacial score (nSPS) is 13.2. The zero-order valence-corrected chi connectivity index (χ0v) is 23.6. The molecule has 0 fully saturated rings. The Labute approximate surface area is 224 Å². The van der Waals surface area contributed by atoms with Crippen molar-refractivity contribution in [1.82, 2.24) is 5.32 Å². The summed E-state index contributed by atoms with van der Waals surface area (Å²) in [5.41, 5.74) is 1.75. The molecule has 1 heterocycles. The maximum atomic E-state index is 12.6. The number of fused-ring (bicyclic) bond motifs is 1. The van der Waals surface area contributed by atoms with Crippen molar-refractivity contribution in [3.05, 3.63) is 64.0 Å². The third-order valence-electron chi connectivity index (χ3n) is 7.81. The molecule has 3 rings (SSSR count). The molecule has 7 heteroatoms. The van der Waals surface area contributed by atoms with Crippen LogP contribution in [0.4, 0.5) is 0 Å². The molecule has 202 valence electrons. The van der Waals surface area contributed by atoms with Crippen molar-refractivity contribution in [2.45, 2.75) is 90.6 Å². The van der Waals surface area contributed by atoms with Crippen molar-refractivity contribution in [3.63, 3.8) is 0 Å². The highest BCUT2D eigenvalue weighted by molar-refractivity contribution is 7.19. The van der Waals surface area contributed by atoms with Crippen LogP contribution in [0.3, 0.4) is 0 Å². The number of carbonyl (C=O) groups is 1. The maximum Gasteiger partial charge on any atom is 0.251 e. The van der Waals surface area contributed by atoms with Gasteiger partial charge in [0.2, 0.25) is 0 Å². The Morgan fingerprint density at radius 2 is 1.68 bits per heavy atom. The highest BCUT2D eigenvalue weighted by atomic mass is 32.1. The fraction of sp³-hybridized carbons (Fsp3) is 0.500. The molecule has 0 aliphatic heterocycles. The fourth-order valence-electron chi connectivity index (χ4n) is 4.70. The Morgan fingerprint density at radius 1 is 1.00 bits per heavy atom. The van der Waals surface area contributed by atoms with E-state index in [0.717, 1.165) is 34.2 Å². The number of hydrogen-bond acceptors (Lipinski definition) is 6. The number of aliphatic hydroxyl groups excluding tert-OH is 1. The minimum atomic E-state index is -1.61. The van der Waals surface area contributed by atoms with E-state index in [4.69, 9.17) is 4.74 Å². The first kappa shape index (κ1) is 29.1. The smallest absolute Gasteiger partial charge is 0.251 e. The van der Waals surface area contributed by atoms with E-state index in [9.17, 15) is 20.1 Å². The van der Waals surface area contributed by atoms with E-state index >= 15 is 0 Å². The molecule has 0 bridgehead atoms. The van der Waals surface area contributed by atoms with E-state index in [1.54, 1.807) is 24.3 Å². The summed E-state index contributed by atoms with van der Waals surface area (Å²) in [5.74, 6) is 0.457. The Hall–Kier alpha value is -2.45. The van der Waals surface area contributed by atoms with Gasteiger partial charge >= 0.3 is 0 Å². The van der Waals surface area contributed by atoms with Gasteiger partial charge in [0.1, 0.15) is 12.4 Å². The second-order valence-electron chi connectivity index (χ2n) is 10.0. The second kappa shape index (κ2) is 11.9. The molecule has 0 saturated carbocycles. The van der Waals surface area contributed by atoms with Gasteiger partial charge in [-0.15, -0.1) is 11.3 Å². The summed E-state index contributed by atoms with van der Waals surface area (Å²) in [6.07, 6.45) is 1.52. The van der Waals surface area contributed by atoms with Gasteiger partial charge in [-0.05, 0) is 80.3 Å². The number of nitrogens with one attached hydrogen (secondary N) is 1. The summed E-state index contributed by atoms with van der Waals surface area (Å²) in [4.78, 5) is 13.8. The molecule has 1 atom stereocenters. The number of hydrogen-bond donors (Lipinski definition) is 4. The van der Waals surface area contributed by atoms with Gasteiger partial charge in [-0.2, -0.15) is 0 Å². The standard InChI is InChI=1S/C30H41NO5S/c1-7-29(35,8-2)18-36-24-14-13-23(15-19(24)5)30(9-3,10-4)26-17-21-11-12-22(16-25(21)37-26)27(32)31-20(6)28(33)34/h11-17,20,28,33-35H,7-10,18H2,1-6H3,(H,31,32)/t20-/m1/s1. The third kappa shape index (κ3) is 6.17. The predicted molar refractivity (Wildman–Crippen MR) is 151 cm³/mol. The number of ether oxygens (including phenoxy) is 1. The second-order valence-corrected chi connectivity index (χ2v) is 11.1. The van der Waals surface area contributed by atoms with Crippen LogP contribution in [0.25, 0.3) is 10.1 Å². The first-order chi connectivity index (χ1) is 17.5. The van der Waals surface area contributed by atoms with Gasteiger partial charge in [0.25, 0.3) is 5.91 Å². The van der Waals surface area contributed by atoms with Gasteiger partial charge in [-0.25, -0.2) is 0 Å². The van der Waals surface area contributed by atoms with Crippen LogP contribution in [0, 0.1) is 6.92 Å². The van der Waals surface area contributed by atoms with E-state index in [-0.39, 0.29) is 17.9 Å². The van der Waals surface area contributed by atoms with Crippen molar-refractivity contribution in [2.24, 2.45) is 0 Å². The number of aryl methyl sites for hydroxylation is 1. The largest absolute Gasteiger partial charge is 0.490 e. The molecule has 3 aromatic rings. The first-order valence-corrected chi connectivity index (χ1v) is 14.0. The van der Waals surface area contributed by atoms with Crippen LogP contribution in [0.15, 0.2) is 42.5 Å². The Kier molecular flexibility index (Phi) is 9.40. The van der Waals surface area contributed by atoms with E-state index in [1.807, 2.05) is 39.0 Å². The first-order valence-electron chi connectivity index (χ1n) is 13.2. The van der Waals surface area contributed by atoms with Gasteiger partial charge in [-0.3, -0.25) is 4.79 Å². The van der Waals surface area contributed by atoms with E-state index in [1.165, 1.54) is 10.4 Å². The lowest BCUT2D eigenvalue weighted by atomic mass is 9.74.